The average Bonchev–Trinajstić information content (AvgIpc) is 2.55. The van der Waals surface area contributed by atoms with Gasteiger partial charge in [-0.25, -0.2) is 0 Å². The first-order chi connectivity index (χ1) is 11.8. The molecule has 0 aliphatic heterocycles. The summed E-state index contributed by atoms with van der Waals surface area (Å²) in [7, 11) is 0. The van der Waals surface area contributed by atoms with E-state index in [2.05, 4.69) is 5.32 Å². The third-order valence-corrected chi connectivity index (χ3v) is 4.05. The van der Waals surface area contributed by atoms with Gasteiger partial charge in [-0.15, -0.1) is 0 Å². The van der Waals surface area contributed by atoms with Crippen molar-refractivity contribution >= 4 is 17.3 Å². The lowest BCUT2D eigenvalue weighted by Gasteiger charge is -2.33. The Morgan fingerprint density at radius 1 is 1.12 bits per heavy atom. The summed E-state index contributed by atoms with van der Waals surface area (Å²) in [6.07, 6.45) is 3.38. The van der Waals surface area contributed by atoms with Crippen molar-refractivity contribution in [1.29, 1.82) is 0 Å². The van der Waals surface area contributed by atoms with Crippen LogP contribution in [0.5, 0.6) is 0 Å². The van der Waals surface area contributed by atoms with Crippen molar-refractivity contribution in [2.75, 3.05) is 0 Å². The van der Waals surface area contributed by atoms with Crippen LogP contribution in [0.25, 0.3) is 0 Å². The zero-order valence-electron chi connectivity index (χ0n) is 14.1. The number of nitro groups is 2. The first-order valence-corrected chi connectivity index (χ1v) is 8.18. The minimum absolute atomic E-state index is 0.0152. The molecular formula is C16H21N3O6. The van der Waals surface area contributed by atoms with Gasteiger partial charge in [-0.05, 0) is 26.7 Å². The van der Waals surface area contributed by atoms with E-state index in [0.717, 1.165) is 43.9 Å². The molecule has 2 unspecified atom stereocenters. The lowest BCUT2D eigenvalue weighted by molar-refractivity contribution is -0.394. The van der Waals surface area contributed by atoms with Gasteiger partial charge in [-0.1, -0.05) is 12.8 Å². The second kappa shape index (κ2) is 8.02. The molecular weight excluding hydrogens is 330 g/mol. The summed E-state index contributed by atoms with van der Waals surface area (Å²) in [5, 5.41) is 24.7. The van der Waals surface area contributed by atoms with Crippen LogP contribution in [0.15, 0.2) is 18.2 Å². The Bertz CT molecular complexity index is 644. The maximum absolute atomic E-state index is 12.5. The van der Waals surface area contributed by atoms with Crippen molar-refractivity contribution in [3.63, 3.8) is 0 Å². The molecule has 1 fully saturated rings. The molecule has 9 nitrogen and oxygen atoms in total. The highest BCUT2D eigenvalue weighted by Gasteiger charge is 2.29. The average molecular weight is 351 g/mol. The van der Waals surface area contributed by atoms with Crippen molar-refractivity contribution in [3.05, 3.63) is 44.0 Å². The summed E-state index contributed by atoms with van der Waals surface area (Å²) in [6.45, 7) is 3.83. The Morgan fingerprint density at radius 3 is 2.20 bits per heavy atom. The van der Waals surface area contributed by atoms with Crippen LogP contribution in [-0.2, 0) is 4.74 Å². The first-order valence-electron chi connectivity index (χ1n) is 8.18. The summed E-state index contributed by atoms with van der Waals surface area (Å²) in [4.78, 5) is 32.9. The summed E-state index contributed by atoms with van der Waals surface area (Å²) in [6, 6.07) is 2.71. The monoisotopic (exact) mass is 351 g/mol. The standard InChI is InChI=1S/C16H21N3O6/c1-10(2)25-15-6-4-3-5-14(15)17-16(20)11-7-12(18(21)22)9-13(8-11)19(23)24/h7-10,14-15H,3-6H2,1-2H3,(H,17,20). The molecule has 0 heterocycles. The zero-order valence-corrected chi connectivity index (χ0v) is 14.1. The van der Waals surface area contributed by atoms with Gasteiger partial charge in [0.1, 0.15) is 0 Å². The van der Waals surface area contributed by atoms with Gasteiger partial charge < -0.3 is 10.1 Å². The SMILES string of the molecule is CC(C)OC1CCCCC1NC(=O)c1cc([N+](=O)[O-])cc([N+](=O)[O-])c1. The first kappa shape index (κ1) is 18.8. The quantitative estimate of drug-likeness (QED) is 0.620. The number of carbonyl (C=O) groups is 1. The number of ether oxygens (including phenoxy) is 1. The molecule has 1 aromatic rings. The van der Waals surface area contributed by atoms with Crippen LogP contribution < -0.4 is 5.32 Å². The summed E-state index contributed by atoms with van der Waals surface area (Å²) < 4.78 is 5.83. The minimum atomic E-state index is -0.755. The zero-order chi connectivity index (χ0) is 18.6. The van der Waals surface area contributed by atoms with Gasteiger partial charge in [-0.3, -0.25) is 25.0 Å². The van der Waals surface area contributed by atoms with E-state index in [0.29, 0.717) is 0 Å². The molecule has 1 N–H and O–H groups in total. The molecule has 1 aliphatic rings. The molecule has 1 aliphatic carbocycles. The minimum Gasteiger partial charge on any atom is -0.373 e. The van der Waals surface area contributed by atoms with Gasteiger partial charge in [0.2, 0.25) is 0 Å². The molecule has 25 heavy (non-hydrogen) atoms. The highest BCUT2D eigenvalue weighted by Crippen LogP contribution is 2.25. The summed E-state index contributed by atoms with van der Waals surface area (Å²) >= 11 is 0. The molecule has 136 valence electrons. The number of benzene rings is 1. The maximum Gasteiger partial charge on any atom is 0.277 e. The highest BCUT2D eigenvalue weighted by molar-refractivity contribution is 5.95. The van der Waals surface area contributed by atoms with E-state index in [1.165, 1.54) is 0 Å². The molecule has 0 aromatic heterocycles. The molecule has 2 atom stereocenters. The normalized spacial score (nSPS) is 20.3. The summed E-state index contributed by atoms with van der Waals surface area (Å²) in [5.41, 5.74) is -1.08. The van der Waals surface area contributed by atoms with Crippen molar-refractivity contribution in [2.45, 2.75) is 57.8 Å². The molecule has 0 saturated heterocycles. The molecule has 1 saturated carbocycles. The summed E-state index contributed by atoms with van der Waals surface area (Å²) in [5.74, 6) is -0.573. The highest BCUT2D eigenvalue weighted by atomic mass is 16.6. The van der Waals surface area contributed by atoms with Crippen LogP contribution in [0.4, 0.5) is 11.4 Å². The van der Waals surface area contributed by atoms with Gasteiger partial charge in [-0.2, -0.15) is 0 Å². The van der Waals surface area contributed by atoms with Gasteiger partial charge >= 0.3 is 0 Å². The number of hydrogen-bond donors (Lipinski definition) is 1. The third-order valence-electron chi connectivity index (χ3n) is 4.05. The predicted molar refractivity (Wildman–Crippen MR) is 89.5 cm³/mol. The van der Waals surface area contributed by atoms with E-state index < -0.39 is 27.1 Å². The van der Waals surface area contributed by atoms with Gasteiger partial charge in [0.25, 0.3) is 17.3 Å². The van der Waals surface area contributed by atoms with Crippen molar-refractivity contribution in [1.82, 2.24) is 5.32 Å². The molecule has 9 heteroatoms. The fourth-order valence-electron chi connectivity index (χ4n) is 2.96. The van der Waals surface area contributed by atoms with Crippen LogP contribution in [0.2, 0.25) is 0 Å². The molecule has 2 rings (SSSR count). The van der Waals surface area contributed by atoms with E-state index in [1.807, 2.05) is 13.8 Å². The van der Waals surface area contributed by atoms with Crippen LogP contribution in [-0.4, -0.2) is 34.0 Å². The lowest BCUT2D eigenvalue weighted by atomic mass is 9.92. The van der Waals surface area contributed by atoms with Crippen LogP contribution >= 0.6 is 0 Å². The van der Waals surface area contributed by atoms with Gasteiger partial charge in [0, 0.05) is 12.1 Å². The van der Waals surface area contributed by atoms with E-state index in [9.17, 15) is 25.0 Å². The number of nitrogens with zero attached hydrogens (tertiary/aromatic N) is 2. The lowest BCUT2D eigenvalue weighted by Crippen LogP contribution is -2.47. The second-order valence-electron chi connectivity index (χ2n) is 6.34. The third kappa shape index (κ3) is 4.96. The maximum atomic E-state index is 12.5. The second-order valence-corrected chi connectivity index (χ2v) is 6.34. The predicted octanol–water partition coefficient (Wildman–Crippen LogP) is 2.97. The number of nitrogens with one attached hydrogen (secondary N) is 1. The van der Waals surface area contributed by atoms with Crippen molar-refractivity contribution in [2.24, 2.45) is 0 Å². The van der Waals surface area contributed by atoms with E-state index in [1.54, 1.807) is 0 Å². The van der Waals surface area contributed by atoms with Crippen molar-refractivity contribution in [3.8, 4) is 0 Å². The molecule has 1 aromatic carbocycles. The topological polar surface area (TPSA) is 125 Å². The number of hydrogen-bond acceptors (Lipinski definition) is 6. The molecule has 0 spiro atoms. The molecule has 0 bridgehead atoms. The smallest absolute Gasteiger partial charge is 0.277 e. The Kier molecular flexibility index (Phi) is 6.02. The number of amides is 1. The van der Waals surface area contributed by atoms with E-state index >= 15 is 0 Å². The Hall–Kier alpha value is -2.55. The Morgan fingerprint density at radius 2 is 1.68 bits per heavy atom. The fourth-order valence-corrected chi connectivity index (χ4v) is 2.96. The number of carbonyl (C=O) groups excluding carboxylic acids is 1. The fraction of sp³-hybridized carbons (Fsp3) is 0.562. The van der Waals surface area contributed by atoms with E-state index in [-0.39, 0.29) is 23.8 Å². The molecule has 1 amide bonds. The van der Waals surface area contributed by atoms with Crippen LogP contribution in [0.1, 0.15) is 49.9 Å². The number of nitro benzene ring substituents is 2. The van der Waals surface area contributed by atoms with Crippen LogP contribution in [0.3, 0.4) is 0 Å². The van der Waals surface area contributed by atoms with Gasteiger partial charge in [0.05, 0.1) is 39.7 Å². The van der Waals surface area contributed by atoms with Crippen LogP contribution in [0, 0.1) is 20.2 Å². The van der Waals surface area contributed by atoms with Gasteiger partial charge in [0.15, 0.2) is 0 Å². The Balaban J connectivity index is 2.21. The van der Waals surface area contributed by atoms with E-state index in [4.69, 9.17) is 4.74 Å². The number of non-ortho nitro benzene ring substituents is 2. The molecule has 0 radical (unpaired) electrons. The number of rotatable bonds is 6. The van der Waals surface area contributed by atoms with Crippen molar-refractivity contribution < 1.29 is 19.4 Å². The largest absolute Gasteiger partial charge is 0.373 e. The Labute approximate surface area is 144 Å².